The van der Waals surface area contributed by atoms with E-state index >= 15 is 0 Å². The molecule has 2 rings (SSSR count). The lowest BCUT2D eigenvalue weighted by atomic mass is 10.1. The summed E-state index contributed by atoms with van der Waals surface area (Å²) < 4.78 is 7.42. The molecule has 1 aromatic rings. The van der Waals surface area contributed by atoms with Crippen LogP contribution in [0.4, 0.5) is 5.95 Å². The van der Waals surface area contributed by atoms with Crippen LogP contribution in [-0.2, 0) is 4.74 Å². The van der Waals surface area contributed by atoms with Gasteiger partial charge in [-0.1, -0.05) is 25.7 Å². The van der Waals surface area contributed by atoms with Gasteiger partial charge in [0.25, 0.3) is 0 Å². The van der Waals surface area contributed by atoms with Gasteiger partial charge in [0, 0.05) is 25.9 Å². The molecular formula is C14H25N3O. The average molecular weight is 251 g/mol. The van der Waals surface area contributed by atoms with Gasteiger partial charge in [0.05, 0.1) is 12.3 Å². The third kappa shape index (κ3) is 3.48. The van der Waals surface area contributed by atoms with Crippen LogP contribution in [0.15, 0.2) is 6.20 Å². The van der Waals surface area contributed by atoms with Gasteiger partial charge in [-0.2, -0.15) is 0 Å². The molecule has 0 bridgehead atoms. The Kier molecular flexibility index (Phi) is 5.05. The fourth-order valence-electron chi connectivity index (χ4n) is 2.73. The van der Waals surface area contributed by atoms with E-state index in [1.807, 2.05) is 0 Å². The van der Waals surface area contributed by atoms with Crippen LogP contribution in [-0.4, -0.2) is 29.8 Å². The maximum Gasteiger partial charge on any atom is 0.203 e. The third-order valence-electron chi connectivity index (χ3n) is 3.66. The van der Waals surface area contributed by atoms with Crippen molar-refractivity contribution in [1.29, 1.82) is 0 Å². The van der Waals surface area contributed by atoms with E-state index in [1.165, 1.54) is 38.5 Å². The Balaban J connectivity index is 2.04. The van der Waals surface area contributed by atoms with Crippen LogP contribution in [0.5, 0.6) is 0 Å². The first-order valence-electron chi connectivity index (χ1n) is 7.09. The molecular weight excluding hydrogens is 226 g/mol. The highest BCUT2D eigenvalue weighted by atomic mass is 16.5. The molecule has 4 nitrogen and oxygen atoms in total. The van der Waals surface area contributed by atoms with Gasteiger partial charge in [-0.25, -0.2) is 4.98 Å². The van der Waals surface area contributed by atoms with Gasteiger partial charge < -0.3 is 14.6 Å². The van der Waals surface area contributed by atoms with Crippen molar-refractivity contribution in [2.75, 3.05) is 25.6 Å². The van der Waals surface area contributed by atoms with E-state index in [0.29, 0.717) is 6.04 Å². The van der Waals surface area contributed by atoms with Crippen molar-refractivity contribution in [3.05, 3.63) is 11.9 Å². The Morgan fingerprint density at radius 2 is 2.06 bits per heavy atom. The summed E-state index contributed by atoms with van der Waals surface area (Å²) in [5.41, 5.74) is 1.10. The van der Waals surface area contributed by atoms with E-state index in [1.54, 1.807) is 7.11 Å². The van der Waals surface area contributed by atoms with E-state index in [2.05, 4.69) is 28.0 Å². The molecule has 0 aliphatic heterocycles. The number of aryl methyl sites for hydroxylation is 1. The van der Waals surface area contributed by atoms with E-state index < -0.39 is 0 Å². The number of hydrogen-bond donors (Lipinski definition) is 1. The Hall–Kier alpha value is -1.03. The minimum Gasteiger partial charge on any atom is -0.383 e. The minimum absolute atomic E-state index is 0.624. The van der Waals surface area contributed by atoms with E-state index in [4.69, 9.17) is 4.74 Å². The zero-order chi connectivity index (χ0) is 12.8. The SMILES string of the molecule is COCCNc1nc(C)cn1C1CCCCCC1. The summed E-state index contributed by atoms with van der Waals surface area (Å²) in [6.45, 7) is 3.60. The zero-order valence-corrected chi connectivity index (χ0v) is 11.6. The van der Waals surface area contributed by atoms with Crippen molar-refractivity contribution in [3.63, 3.8) is 0 Å². The van der Waals surface area contributed by atoms with Crippen LogP contribution in [0.2, 0.25) is 0 Å². The number of ether oxygens (including phenoxy) is 1. The van der Waals surface area contributed by atoms with Crippen molar-refractivity contribution in [2.24, 2.45) is 0 Å². The number of nitrogens with one attached hydrogen (secondary N) is 1. The molecule has 4 heteroatoms. The summed E-state index contributed by atoms with van der Waals surface area (Å²) >= 11 is 0. The molecule has 1 heterocycles. The summed E-state index contributed by atoms with van der Waals surface area (Å²) in [7, 11) is 1.73. The molecule has 1 aliphatic carbocycles. The molecule has 0 spiro atoms. The van der Waals surface area contributed by atoms with Crippen LogP contribution in [0.1, 0.15) is 50.3 Å². The molecule has 1 saturated carbocycles. The van der Waals surface area contributed by atoms with Gasteiger partial charge in [0.1, 0.15) is 0 Å². The second-order valence-electron chi connectivity index (χ2n) is 5.18. The van der Waals surface area contributed by atoms with E-state index in [-0.39, 0.29) is 0 Å². The minimum atomic E-state index is 0.624. The molecule has 1 aromatic heterocycles. The maximum absolute atomic E-state index is 5.08. The molecule has 18 heavy (non-hydrogen) atoms. The standard InChI is InChI=1S/C14H25N3O/c1-12-11-17(13-7-5-3-4-6-8-13)14(16-12)15-9-10-18-2/h11,13H,3-10H2,1-2H3,(H,15,16). The number of hydrogen-bond acceptors (Lipinski definition) is 3. The highest BCUT2D eigenvalue weighted by Gasteiger charge is 2.17. The number of rotatable bonds is 5. The third-order valence-corrected chi connectivity index (χ3v) is 3.66. The lowest BCUT2D eigenvalue weighted by molar-refractivity contribution is 0.210. The summed E-state index contributed by atoms with van der Waals surface area (Å²) in [5.74, 6) is 1.01. The predicted octanol–water partition coefficient (Wildman–Crippen LogP) is 3.15. The molecule has 1 N–H and O–H groups in total. The van der Waals surface area contributed by atoms with Gasteiger partial charge in [0.2, 0.25) is 5.95 Å². The molecule has 0 atom stereocenters. The molecule has 0 saturated heterocycles. The first kappa shape index (κ1) is 13.4. The summed E-state index contributed by atoms with van der Waals surface area (Å²) in [5, 5.41) is 3.38. The van der Waals surface area contributed by atoms with Crippen molar-refractivity contribution in [2.45, 2.75) is 51.5 Å². The second kappa shape index (κ2) is 6.78. The molecule has 1 aliphatic rings. The number of nitrogens with zero attached hydrogens (tertiary/aromatic N) is 2. The van der Waals surface area contributed by atoms with Gasteiger partial charge >= 0.3 is 0 Å². The second-order valence-corrected chi connectivity index (χ2v) is 5.18. The quantitative estimate of drug-likeness (QED) is 0.645. The van der Waals surface area contributed by atoms with Crippen molar-refractivity contribution < 1.29 is 4.74 Å². The largest absolute Gasteiger partial charge is 0.383 e. The summed E-state index contributed by atoms with van der Waals surface area (Å²) in [6.07, 6.45) is 10.2. The fourth-order valence-corrected chi connectivity index (χ4v) is 2.73. The van der Waals surface area contributed by atoms with Crippen molar-refractivity contribution >= 4 is 5.95 Å². The van der Waals surface area contributed by atoms with Crippen LogP contribution in [0, 0.1) is 6.92 Å². The van der Waals surface area contributed by atoms with Gasteiger partial charge in [0.15, 0.2) is 0 Å². The smallest absolute Gasteiger partial charge is 0.203 e. The Morgan fingerprint density at radius 3 is 2.72 bits per heavy atom. The van der Waals surface area contributed by atoms with E-state index in [9.17, 15) is 0 Å². The summed E-state index contributed by atoms with van der Waals surface area (Å²) in [6, 6.07) is 0.624. The first-order valence-corrected chi connectivity index (χ1v) is 7.09. The van der Waals surface area contributed by atoms with Crippen molar-refractivity contribution in [3.8, 4) is 0 Å². The lowest BCUT2D eigenvalue weighted by Gasteiger charge is -2.19. The van der Waals surface area contributed by atoms with Crippen LogP contribution in [0.25, 0.3) is 0 Å². The average Bonchev–Trinajstić information content (AvgIpc) is 2.58. The maximum atomic E-state index is 5.08. The highest BCUT2D eigenvalue weighted by Crippen LogP contribution is 2.29. The number of aromatic nitrogens is 2. The molecule has 0 unspecified atom stereocenters. The summed E-state index contributed by atoms with van der Waals surface area (Å²) in [4.78, 5) is 4.58. The topological polar surface area (TPSA) is 39.1 Å². The highest BCUT2D eigenvalue weighted by molar-refractivity contribution is 5.29. The van der Waals surface area contributed by atoms with Gasteiger partial charge in [-0.05, 0) is 19.8 Å². The Labute approximate surface area is 110 Å². The van der Waals surface area contributed by atoms with Gasteiger partial charge in [-0.15, -0.1) is 0 Å². The van der Waals surface area contributed by atoms with Crippen LogP contribution in [0.3, 0.4) is 0 Å². The Morgan fingerprint density at radius 1 is 1.33 bits per heavy atom. The predicted molar refractivity (Wildman–Crippen MR) is 74.1 cm³/mol. The number of anilines is 1. The molecule has 1 fully saturated rings. The first-order chi connectivity index (χ1) is 8.81. The molecule has 0 amide bonds. The van der Waals surface area contributed by atoms with Crippen molar-refractivity contribution in [1.82, 2.24) is 9.55 Å². The number of imidazole rings is 1. The van der Waals surface area contributed by atoms with E-state index in [0.717, 1.165) is 24.8 Å². The fraction of sp³-hybridized carbons (Fsp3) is 0.786. The van der Waals surface area contributed by atoms with Crippen LogP contribution < -0.4 is 5.32 Å². The molecule has 0 aromatic carbocycles. The molecule has 102 valence electrons. The lowest BCUT2D eigenvalue weighted by Crippen LogP contribution is -2.15. The molecule has 0 radical (unpaired) electrons. The zero-order valence-electron chi connectivity index (χ0n) is 11.6. The monoisotopic (exact) mass is 251 g/mol. The van der Waals surface area contributed by atoms with Crippen LogP contribution >= 0.6 is 0 Å². The van der Waals surface area contributed by atoms with Gasteiger partial charge in [-0.3, -0.25) is 0 Å². The Bertz CT molecular complexity index is 354. The number of methoxy groups -OCH3 is 1. The normalized spacial score (nSPS) is 17.7.